The van der Waals surface area contributed by atoms with E-state index in [1.807, 2.05) is 36.8 Å². The number of hydrogen-bond acceptors (Lipinski definition) is 5. The molecule has 0 spiro atoms. The summed E-state index contributed by atoms with van der Waals surface area (Å²) < 4.78 is 4.37. The van der Waals surface area contributed by atoms with Crippen molar-refractivity contribution in [1.29, 1.82) is 0 Å². The number of carbonyl (C=O) groups excluding carboxylic acids is 1. The lowest BCUT2D eigenvalue weighted by molar-refractivity contribution is 0.0514. The van der Waals surface area contributed by atoms with Gasteiger partial charge in [0.15, 0.2) is 0 Å². The molecule has 6 nitrogen and oxygen atoms in total. The van der Waals surface area contributed by atoms with E-state index in [-0.39, 0.29) is 5.92 Å². The summed E-state index contributed by atoms with van der Waals surface area (Å²) in [7, 11) is 2.09. The first-order chi connectivity index (χ1) is 14.6. The van der Waals surface area contributed by atoms with Gasteiger partial charge in [-0.25, -0.2) is 9.78 Å². The van der Waals surface area contributed by atoms with Crippen molar-refractivity contribution < 1.29 is 9.63 Å². The van der Waals surface area contributed by atoms with Crippen LogP contribution in [0.3, 0.4) is 0 Å². The van der Waals surface area contributed by atoms with E-state index in [4.69, 9.17) is 4.84 Å². The Hall–Kier alpha value is -3.19. The molecule has 7 heteroatoms. The van der Waals surface area contributed by atoms with Gasteiger partial charge in [-0.15, -0.1) is 0 Å². The number of fused-ring (bicyclic) bond motifs is 3. The van der Waals surface area contributed by atoms with Crippen LogP contribution in [-0.4, -0.2) is 25.8 Å². The van der Waals surface area contributed by atoms with Crippen LogP contribution in [0.5, 0.6) is 0 Å². The van der Waals surface area contributed by atoms with Crippen molar-refractivity contribution in [2.24, 2.45) is 18.1 Å². The quantitative estimate of drug-likeness (QED) is 0.360. The monoisotopic (exact) mass is 418 g/mol. The van der Waals surface area contributed by atoms with Crippen LogP contribution < -0.4 is 0 Å². The molecule has 0 fully saturated rings. The van der Waals surface area contributed by atoms with E-state index < -0.39 is 5.97 Å². The number of oxime groups is 1. The van der Waals surface area contributed by atoms with E-state index in [0.29, 0.717) is 5.56 Å². The summed E-state index contributed by atoms with van der Waals surface area (Å²) in [5.41, 5.74) is 4.87. The van der Waals surface area contributed by atoms with Crippen molar-refractivity contribution in [3.63, 3.8) is 0 Å². The summed E-state index contributed by atoms with van der Waals surface area (Å²) in [6, 6.07) is 10.1. The van der Waals surface area contributed by atoms with Crippen LogP contribution in [0.2, 0.25) is 0 Å². The number of aromatic nitrogens is 3. The Balaban J connectivity index is 1.59. The Morgan fingerprint density at radius 2 is 2.20 bits per heavy atom. The van der Waals surface area contributed by atoms with Crippen molar-refractivity contribution in [1.82, 2.24) is 14.1 Å². The summed E-state index contributed by atoms with van der Waals surface area (Å²) in [6.45, 7) is 2.75. The minimum Gasteiger partial charge on any atom is -0.347 e. The number of para-hydroxylation sites is 1. The molecule has 4 aromatic rings. The maximum atomic E-state index is 12.5. The second-order valence-electron chi connectivity index (χ2n) is 7.63. The average Bonchev–Trinajstić information content (AvgIpc) is 3.49. The summed E-state index contributed by atoms with van der Waals surface area (Å²) in [5.74, 6) is 0.675. The lowest BCUT2D eigenvalue weighted by Crippen LogP contribution is -2.28. The molecule has 1 atom stereocenters. The molecule has 0 saturated carbocycles. The van der Waals surface area contributed by atoms with Crippen molar-refractivity contribution in [2.45, 2.75) is 26.3 Å². The summed E-state index contributed by atoms with van der Waals surface area (Å²) >= 11 is 1.47. The molecule has 0 saturated heterocycles. The fraction of sp³-hybridized carbons (Fsp3) is 0.261. The Labute approximate surface area is 178 Å². The van der Waals surface area contributed by atoms with Crippen LogP contribution in [0.4, 0.5) is 0 Å². The second kappa shape index (κ2) is 7.57. The molecule has 152 valence electrons. The molecule has 0 N–H and O–H groups in total. The van der Waals surface area contributed by atoms with Crippen LogP contribution in [0, 0.1) is 12.8 Å². The van der Waals surface area contributed by atoms with E-state index in [2.05, 4.69) is 38.5 Å². The standard InChI is InChI=1S/C23H22N4O2S/c1-15-24-10-11-27(15)13-16-7-8-20-21(18-5-3-4-6-19(18)26(20)2)22(16)25-29-23(28)17-9-12-30-14-17/h3-6,9-12,14,16H,7-8,13H2,1-2H3/b25-22+. The zero-order valence-corrected chi connectivity index (χ0v) is 17.7. The number of carbonyl (C=O) groups is 1. The largest absolute Gasteiger partial charge is 0.366 e. The smallest absolute Gasteiger partial charge is 0.347 e. The van der Waals surface area contributed by atoms with Gasteiger partial charge in [-0.3, -0.25) is 0 Å². The lowest BCUT2D eigenvalue weighted by atomic mass is 9.84. The molecule has 1 unspecified atom stereocenters. The Morgan fingerprint density at radius 1 is 1.33 bits per heavy atom. The molecule has 3 aromatic heterocycles. The summed E-state index contributed by atoms with van der Waals surface area (Å²) in [5, 5.41) is 9.24. The van der Waals surface area contributed by atoms with Gasteiger partial charge in [-0.05, 0) is 37.3 Å². The predicted molar refractivity (Wildman–Crippen MR) is 118 cm³/mol. The average molecular weight is 419 g/mol. The van der Waals surface area contributed by atoms with E-state index in [1.54, 1.807) is 11.4 Å². The third kappa shape index (κ3) is 3.15. The van der Waals surface area contributed by atoms with Crippen molar-refractivity contribution >= 4 is 33.9 Å². The molecule has 0 aliphatic heterocycles. The normalized spacial score (nSPS) is 17.4. The highest BCUT2D eigenvalue weighted by Crippen LogP contribution is 2.35. The highest BCUT2D eigenvalue weighted by Gasteiger charge is 2.32. The number of benzene rings is 1. The van der Waals surface area contributed by atoms with Gasteiger partial charge in [0, 0.05) is 59.4 Å². The van der Waals surface area contributed by atoms with Gasteiger partial charge in [0.1, 0.15) is 5.82 Å². The third-order valence-corrected chi connectivity index (χ3v) is 6.61. The third-order valence-electron chi connectivity index (χ3n) is 5.93. The van der Waals surface area contributed by atoms with Crippen LogP contribution in [0.25, 0.3) is 10.9 Å². The zero-order chi connectivity index (χ0) is 20.7. The molecule has 30 heavy (non-hydrogen) atoms. The Kier molecular flexibility index (Phi) is 4.75. The molecular formula is C23H22N4O2S. The van der Waals surface area contributed by atoms with Gasteiger partial charge in [-0.1, -0.05) is 23.4 Å². The highest BCUT2D eigenvalue weighted by molar-refractivity contribution is 7.08. The maximum Gasteiger partial charge on any atom is 0.366 e. The van der Waals surface area contributed by atoms with E-state index in [1.165, 1.54) is 22.5 Å². The highest BCUT2D eigenvalue weighted by atomic mass is 32.1. The van der Waals surface area contributed by atoms with Gasteiger partial charge in [-0.2, -0.15) is 11.3 Å². The van der Waals surface area contributed by atoms with Gasteiger partial charge in [0.05, 0.1) is 11.3 Å². The van der Waals surface area contributed by atoms with E-state index in [0.717, 1.165) is 41.9 Å². The molecule has 3 heterocycles. The van der Waals surface area contributed by atoms with Gasteiger partial charge in [0.25, 0.3) is 0 Å². The van der Waals surface area contributed by atoms with E-state index in [9.17, 15) is 4.79 Å². The molecule has 1 aliphatic carbocycles. The van der Waals surface area contributed by atoms with E-state index >= 15 is 0 Å². The van der Waals surface area contributed by atoms with Gasteiger partial charge < -0.3 is 14.0 Å². The lowest BCUT2D eigenvalue weighted by Gasteiger charge is -2.25. The molecule has 1 aromatic carbocycles. The van der Waals surface area contributed by atoms with Crippen molar-refractivity contribution in [3.05, 3.63) is 76.1 Å². The molecule has 1 aliphatic rings. The van der Waals surface area contributed by atoms with Crippen LogP contribution >= 0.6 is 11.3 Å². The summed E-state index contributed by atoms with van der Waals surface area (Å²) in [4.78, 5) is 22.3. The zero-order valence-electron chi connectivity index (χ0n) is 16.9. The number of hydrogen-bond donors (Lipinski definition) is 0. The van der Waals surface area contributed by atoms with Crippen LogP contribution in [-0.2, 0) is 24.9 Å². The number of nitrogens with zero attached hydrogens (tertiary/aromatic N) is 4. The van der Waals surface area contributed by atoms with Crippen LogP contribution in [0.1, 0.15) is 33.9 Å². The Bertz CT molecular complexity index is 1250. The number of rotatable bonds is 4. The molecule has 0 radical (unpaired) electrons. The summed E-state index contributed by atoms with van der Waals surface area (Å²) in [6.07, 6.45) is 5.69. The molecule has 0 bridgehead atoms. The first-order valence-corrected chi connectivity index (χ1v) is 10.9. The molecular weight excluding hydrogens is 396 g/mol. The fourth-order valence-electron chi connectivity index (χ4n) is 4.33. The topological polar surface area (TPSA) is 61.4 Å². The first kappa shape index (κ1) is 18.8. The predicted octanol–water partition coefficient (Wildman–Crippen LogP) is 4.57. The number of imidazole rings is 1. The van der Waals surface area contributed by atoms with Crippen molar-refractivity contribution in [3.8, 4) is 0 Å². The molecule has 0 amide bonds. The minimum absolute atomic E-state index is 0.131. The fourth-order valence-corrected chi connectivity index (χ4v) is 4.96. The Morgan fingerprint density at radius 3 is 2.97 bits per heavy atom. The second-order valence-corrected chi connectivity index (χ2v) is 8.41. The maximum absolute atomic E-state index is 12.5. The minimum atomic E-state index is -0.423. The molecule has 5 rings (SSSR count). The van der Waals surface area contributed by atoms with Gasteiger partial charge >= 0.3 is 5.97 Å². The van der Waals surface area contributed by atoms with Gasteiger partial charge in [0.2, 0.25) is 0 Å². The SMILES string of the molecule is Cc1nccn1CC1CCc2c(c3ccccc3n2C)/C1=N/OC(=O)c1ccsc1. The number of thiophene rings is 1. The number of aryl methyl sites for hydroxylation is 2. The van der Waals surface area contributed by atoms with Crippen LogP contribution in [0.15, 0.2) is 58.6 Å². The first-order valence-electron chi connectivity index (χ1n) is 9.99. The van der Waals surface area contributed by atoms with Crippen molar-refractivity contribution in [2.75, 3.05) is 0 Å².